The summed E-state index contributed by atoms with van der Waals surface area (Å²) in [5.41, 5.74) is 1.03. The Labute approximate surface area is 225 Å². The Bertz CT molecular complexity index is 1550. The highest BCUT2D eigenvalue weighted by molar-refractivity contribution is 7.89. The molecule has 9 nitrogen and oxygen atoms in total. The van der Waals surface area contributed by atoms with Crippen LogP contribution in [0, 0.1) is 0 Å². The number of nitrogens with one attached hydrogen (secondary N) is 1. The van der Waals surface area contributed by atoms with Gasteiger partial charge in [0.15, 0.2) is 0 Å². The molecule has 0 aliphatic carbocycles. The van der Waals surface area contributed by atoms with E-state index in [0.717, 1.165) is 24.2 Å². The van der Waals surface area contributed by atoms with Gasteiger partial charge in [0.2, 0.25) is 10.0 Å². The van der Waals surface area contributed by atoms with Gasteiger partial charge in [-0.25, -0.2) is 13.3 Å². The van der Waals surface area contributed by atoms with Crippen molar-refractivity contribution in [2.75, 3.05) is 30.4 Å². The number of anilines is 2. The first-order valence-corrected chi connectivity index (χ1v) is 13.8. The lowest BCUT2D eigenvalue weighted by Crippen LogP contribution is -2.35. The van der Waals surface area contributed by atoms with E-state index in [9.17, 15) is 22.8 Å². The maximum absolute atomic E-state index is 13.3. The topological polar surface area (TPSA) is 113 Å². The zero-order valence-electron chi connectivity index (χ0n) is 20.4. The van der Waals surface area contributed by atoms with Gasteiger partial charge >= 0.3 is 0 Å². The number of carbonyl (C=O) groups excluding carboxylic acids is 3. The van der Waals surface area contributed by atoms with E-state index in [1.54, 1.807) is 24.3 Å². The number of sulfonamides is 1. The highest BCUT2D eigenvalue weighted by atomic mass is 35.5. The summed E-state index contributed by atoms with van der Waals surface area (Å²) in [6.07, 6.45) is 2.55. The van der Waals surface area contributed by atoms with Gasteiger partial charge in [-0.2, -0.15) is 4.31 Å². The molecule has 38 heavy (non-hydrogen) atoms. The molecule has 0 spiro atoms. The third-order valence-corrected chi connectivity index (χ3v) is 8.76. The van der Waals surface area contributed by atoms with Crippen LogP contribution in [0.2, 0.25) is 5.02 Å². The lowest BCUT2D eigenvalue weighted by molar-refractivity contribution is 0.0925. The normalized spacial score (nSPS) is 15.9. The van der Waals surface area contributed by atoms with Crippen LogP contribution in [0.3, 0.4) is 0 Å². The van der Waals surface area contributed by atoms with Crippen molar-refractivity contribution >= 4 is 50.7 Å². The Morgan fingerprint density at radius 1 is 0.895 bits per heavy atom. The summed E-state index contributed by atoms with van der Waals surface area (Å²) in [6.45, 7) is 0.855. The SMILES string of the molecule is COc1ccc(NC(=O)c2ccc3c(c2)C(=O)N(c2ccc(Cl)cc2)C3=O)cc1S(=O)(=O)N1CCCCC1. The van der Waals surface area contributed by atoms with E-state index in [2.05, 4.69) is 5.32 Å². The van der Waals surface area contributed by atoms with E-state index in [1.165, 1.54) is 47.8 Å². The second-order valence-corrected chi connectivity index (χ2v) is 11.3. The number of hydrogen-bond acceptors (Lipinski definition) is 6. The fourth-order valence-electron chi connectivity index (χ4n) is 4.61. The van der Waals surface area contributed by atoms with Gasteiger partial charge in [-0.15, -0.1) is 0 Å². The molecule has 1 N–H and O–H groups in total. The molecule has 2 aliphatic rings. The quantitative estimate of drug-likeness (QED) is 0.447. The van der Waals surface area contributed by atoms with Gasteiger partial charge in [-0.05, 0) is 73.5 Å². The van der Waals surface area contributed by atoms with E-state index in [0.29, 0.717) is 23.8 Å². The first kappa shape index (κ1) is 25.9. The van der Waals surface area contributed by atoms with Crippen LogP contribution in [0.4, 0.5) is 11.4 Å². The molecule has 0 atom stereocenters. The molecule has 0 unspecified atom stereocenters. The monoisotopic (exact) mass is 553 g/mol. The second-order valence-electron chi connectivity index (χ2n) is 8.97. The summed E-state index contributed by atoms with van der Waals surface area (Å²) >= 11 is 5.92. The van der Waals surface area contributed by atoms with E-state index in [4.69, 9.17) is 16.3 Å². The Balaban J connectivity index is 1.40. The smallest absolute Gasteiger partial charge is 0.266 e. The van der Waals surface area contributed by atoms with E-state index in [-0.39, 0.29) is 33.0 Å². The predicted molar refractivity (Wildman–Crippen MR) is 143 cm³/mol. The standard InChI is InChI=1S/C27H24ClN3O6S/c1-37-23-12-8-19(16-24(23)38(35,36)30-13-3-2-4-14-30)29-25(32)17-5-11-21-22(15-17)27(34)31(26(21)33)20-9-6-18(28)7-10-20/h5-12,15-16H,2-4,13-14H2,1H3,(H,29,32). The molecule has 196 valence electrons. The first-order valence-electron chi connectivity index (χ1n) is 12.0. The van der Waals surface area contributed by atoms with Gasteiger partial charge in [0.25, 0.3) is 17.7 Å². The molecule has 0 bridgehead atoms. The molecule has 3 aromatic carbocycles. The molecule has 2 heterocycles. The molecule has 1 saturated heterocycles. The third kappa shape index (κ3) is 4.66. The first-order chi connectivity index (χ1) is 18.2. The molecule has 1 fully saturated rings. The van der Waals surface area contributed by atoms with Gasteiger partial charge in [0.1, 0.15) is 10.6 Å². The van der Waals surface area contributed by atoms with Gasteiger partial charge < -0.3 is 10.1 Å². The largest absolute Gasteiger partial charge is 0.495 e. The molecule has 11 heteroatoms. The molecule has 0 saturated carbocycles. The van der Waals surface area contributed by atoms with Gasteiger partial charge in [-0.1, -0.05) is 18.0 Å². The minimum atomic E-state index is -3.82. The number of nitrogens with zero attached hydrogens (tertiary/aromatic N) is 2. The number of halogens is 1. The third-order valence-electron chi connectivity index (χ3n) is 6.59. The molecule has 5 rings (SSSR count). The van der Waals surface area contributed by atoms with Crippen LogP contribution in [0.25, 0.3) is 0 Å². The van der Waals surface area contributed by atoms with Crippen molar-refractivity contribution in [1.82, 2.24) is 4.31 Å². The van der Waals surface area contributed by atoms with Crippen LogP contribution in [-0.4, -0.2) is 50.6 Å². The Hall–Kier alpha value is -3.73. The average Bonchev–Trinajstić information content (AvgIpc) is 3.18. The minimum Gasteiger partial charge on any atom is -0.495 e. The van der Waals surface area contributed by atoms with Crippen LogP contribution in [0.5, 0.6) is 5.75 Å². The highest BCUT2D eigenvalue weighted by Crippen LogP contribution is 2.32. The van der Waals surface area contributed by atoms with Crippen molar-refractivity contribution in [2.45, 2.75) is 24.2 Å². The summed E-state index contributed by atoms with van der Waals surface area (Å²) < 4.78 is 33.3. The molecular formula is C27H24ClN3O6S. The zero-order valence-corrected chi connectivity index (χ0v) is 22.0. The maximum atomic E-state index is 13.3. The van der Waals surface area contributed by atoms with Crippen LogP contribution in [-0.2, 0) is 10.0 Å². The van der Waals surface area contributed by atoms with Crippen molar-refractivity contribution in [3.05, 3.63) is 82.4 Å². The van der Waals surface area contributed by atoms with Crippen molar-refractivity contribution in [3.63, 3.8) is 0 Å². The molecule has 0 radical (unpaired) electrons. The minimum absolute atomic E-state index is 0.0342. The van der Waals surface area contributed by atoms with E-state index in [1.807, 2.05) is 0 Å². The van der Waals surface area contributed by atoms with Gasteiger partial charge in [0.05, 0.1) is 23.9 Å². The lowest BCUT2D eigenvalue weighted by Gasteiger charge is -2.26. The number of piperidine rings is 1. The molecular weight excluding hydrogens is 530 g/mol. The van der Waals surface area contributed by atoms with Crippen molar-refractivity contribution < 1.29 is 27.5 Å². The number of imide groups is 1. The summed E-state index contributed by atoms with van der Waals surface area (Å²) in [5, 5.41) is 3.16. The molecule has 0 aromatic heterocycles. The van der Waals surface area contributed by atoms with Gasteiger partial charge in [0, 0.05) is 29.4 Å². The van der Waals surface area contributed by atoms with Crippen molar-refractivity contribution in [1.29, 1.82) is 0 Å². The predicted octanol–water partition coefficient (Wildman–Crippen LogP) is 4.58. The highest BCUT2D eigenvalue weighted by Gasteiger charge is 2.37. The average molecular weight is 554 g/mol. The second kappa shape index (κ2) is 10.2. The number of methoxy groups -OCH3 is 1. The molecule has 3 aromatic rings. The van der Waals surface area contributed by atoms with E-state index < -0.39 is 27.7 Å². The number of hydrogen-bond donors (Lipinski definition) is 1. The summed E-state index contributed by atoms with van der Waals surface area (Å²) in [7, 11) is -2.44. The summed E-state index contributed by atoms with van der Waals surface area (Å²) in [5.74, 6) is -1.44. The number of benzene rings is 3. The fourth-order valence-corrected chi connectivity index (χ4v) is 6.43. The Morgan fingerprint density at radius 3 is 2.26 bits per heavy atom. The van der Waals surface area contributed by atoms with Crippen LogP contribution in [0.1, 0.15) is 50.3 Å². The van der Waals surface area contributed by atoms with Crippen molar-refractivity contribution in [3.8, 4) is 5.75 Å². The summed E-state index contributed by atoms with van der Waals surface area (Å²) in [6, 6.07) is 14.9. The lowest BCUT2D eigenvalue weighted by atomic mass is 10.1. The number of fused-ring (bicyclic) bond motifs is 1. The van der Waals surface area contributed by atoms with Gasteiger partial charge in [-0.3, -0.25) is 14.4 Å². The number of rotatable bonds is 6. The molecule has 3 amide bonds. The van der Waals surface area contributed by atoms with Crippen LogP contribution < -0.4 is 15.0 Å². The number of ether oxygens (including phenoxy) is 1. The van der Waals surface area contributed by atoms with Crippen molar-refractivity contribution in [2.24, 2.45) is 0 Å². The number of carbonyl (C=O) groups is 3. The van der Waals surface area contributed by atoms with E-state index >= 15 is 0 Å². The fraction of sp³-hybridized carbons (Fsp3) is 0.222. The van der Waals surface area contributed by atoms with Crippen LogP contribution >= 0.6 is 11.6 Å². The maximum Gasteiger partial charge on any atom is 0.266 e. The molecule has 2 aliphatic heterocycles. The Morgan fingerprint density at radius 2 is 1.58 bits per heavy atom. The zero-order chi connectivity index (χ0) is 27.0. The summed E-state index contributed by atoms with van der Waals surface area (Å²) in [4.78, 5) is 40.0. The van der Waals surface area contributed by atoms with Crippen LogP contribution in [0.15, 0.2) is 65.6 Å². The Kier molecular flexibility index (Phi) is 6.95. The number of amides is 3.